The predicted molar refractivity (Wildman–Crippen MR) is 114 cm³/mol. The Bertz CT molecular complexity index is 1270. The van der Waals surface area contributed by atoms with Crippen molar-refractivity contribution in [3.8, 4) is 0 Å². The van der Waals surface area contributed by atoms with Gasteiger partial charge in [-0.25, -0.2) is 4.79 Å². The van der Waals surface area contributed by atoms with Gasteiger partial charge in [-0.3, -0.25) is 23.5 Å². The molecule has 3 rings (SSSR count). The zero-order valence-corrected chi connectivity index (χ0v) is 17.1. The van der Waals surface area contributed by atoms with E-state index in [1.165, 1.54) is 35.0 Å². The molecule has 0 aliphatic heterocycles. The van der Waals surface area contributed by atoms with E-state index in [-0.39, 0.29) is 17.8 Å². The zero-order valence-electron chi connectivity index (χ0n) is 17.1. The van der Waals surface area contributed by atoms with Gasteiger partial charge in [0.25, 0.3) is 11.5 Å². The van der Waals surface area contributed by atoms with Gasteiger partial charge >= 0.3 is 11.9 Å². The highest BCUT2D eigenvalue weighted by Crippen LogP contribution is 2.17. The molecule has 0 saturated carbocycles. The van der Waals surface area contributed by atoms with Gasteiger partial charge in [0.1, 0.15) is 13.1 Å². The Balaban J connectivity index is 1.77. The maximum absolute atomic E-state index is 12.7. The number of anilines is 1. The number of carbonyl (C=O) groups is 2. The molecule has 0 bridgehead atoms. The maximum atomic E-state index is 12.7. The molecule has 0 atom stereocenters. The lowest BCUT2D eigenvalue weighted by molar-refractivity contribution is -0.123. The summed E-state index contributed by atoms with van der Waals surface area (Å²) in [4.78, 5) is 49.5. The summed E-state index contributed by atoms with van der Waals surface area (Å²) in [6, 6.07) is 15.6. The fraction of sp³-hybridized carbons (Fsp3) is 0.182. The van der Waals surface area contributed by atoms with E-state index in [4.69, 9.17) is 0 Å². The van der Waals surface area contributed by atoms with Gasteiger partial charge < -0.3 is 10.6 Å². The number of halogens is 3. The summed E-state index contributed by atoms with van der Waals surface area (Å²) in [5.41, 5.74) is -0.853. The van der Waals surface area contributed by atoms with Crippen LogP contribution in [-0.2, 0) is 17.9 Å². The second kappa shape index (κ2) is 9.98. The molecule has 8 nitrogen and oxygen atoms in total. The molecule has 0 radical (unpaired) electrons. The number of para-hydroxylation sites is 1. The van der Waals surface area contributed by atoms with Crippen LogP contribution in [0.2, 0.25) is 0 Å². The lowest BCUT2D eigenvalue weighted by atomic mass is 10.1. The fourth-order valence-electron chi connectivity index (χ4n) is 3.00. The van der Waals surface area contributed by atoms with Gasteiger partial charge in [0.15, 0.2) is 0 Å². The summed E-state index contributed by atoms with van der Waals surface area (Å²) in [6.45, 7) is -2.00. The van der Waals surface area contributed by atoms with Crippen LogP contribution >= 0.6 is 0 Å². The van der Waals surface area contributed by atoms with Gasteiger partial charge in [0.05, 0.1) is 17.8 Å². The molecule has 172 valence electrons. The molecule has 0 spiro atoms. The summed E-state index contributed by atoms with van der Waals surface area (Å²) >= 11 is 0. The van der Waals surface area contributed by atoms with Gasteiger partial charge in [-0.1, -0.05) is 42.5 Å². The number of hydrogen-bond donors (Lipinski definition) is 2. The first-order valence-electron chi connectivity index (χ1n) is 9.72. The molecule has 0 saturated heterocycles. The van der Waals surface area contributed by atoms with Crippen molar-refractivity contribution in [3.63, 3.8) is 0 Å². The van der Waals surface area contributed by atoms with E-state index in [9.17, 15) is 32.3 Å². The van der Waals surface area contributed by atoms with E-state index in [1.54, 1.807) is 29.6 Å². The van der Waals surface area contributed by atoms with E-state index >= 15 is 0 Å². The molecule has 0 fully saturated rings. The van der Waals surface area contributed by atoms with E-state index in [0.717, 1.165) is 16.2 Å². The number of rotatable bonds is 7. The first-order chi connectivity index (χ1) is 15.6. The highest BCUT2D eigenvalue weighted by Gasteiger charge is 2.28. The second-order valence-electron chi connectivity index (χ2n) is 7.03. The minimum Gasteiger partial charge on any atom is -0.343 e. The van der Waals surface area contributed by atoms with Gasteiger partial charge in [0, 0.05) is 12.3 Å². The van der Waals surface area contributed by atoms with Crippen LogP contribution in [0.5, 0.6) is 0 Å². The van der Waals surface area contributed by atoms with Crippen molar-refractivity contribution in [2.24, 2.45) is 0 Å². The van der Waals surface area contributed by atoms with E-state index in [0.29, 0.717) is 0 Å². The summed E-state index contributed by atoms with van der Waals surface area (Å²) in [5, 5.41) is 4.10. The van der Waals surface area contributed by atoms with Crippen molar-refractivity contribution in [1.82, 2.24) is 14.5 Å². The minimum atomic E-state index is -4.60. The number of alkyl halides is 3. The number of amides is 2. The molecule has 2 N–H and O–H groups in total. The predicted octanol–water partition coefficient (Wildman–Crippen LogP) is 1.99. The number of benzene rings is 2. The van der Waals surface area contributed by atoms with Crippen molar-refractivity contribution in [2.45, 2.75) is 19.3 Å². The number of nitrogens with zero attached hydrogens (tertiary/aromatic N) is 2. The number of carbonyl (C=O) groups excluding carboxylic acids is 2. The van der Waals surface area contributed by atoms with Crippen LogP contribution < -0.4 is 21.9 Å². The second-order valence-corrected chi connectivity index (χ2v) is 7.03. The molecular formula is C22H19F3N4O4. The van der Waals surface area contributed by atoms with Crippen LogP contribution in [0.15, 0.2) is 76.4 Å². The monoisotopic (exact) mass is 460 g/mol. The average molecular weight is 460 g/mol. The van der Waals surface area contributed by atoms with Crippen LogP contribution in [0.3, 0.4) is 0 Å². The first kappa shape index (κ1) is 23.5. The number of aromatic nitrogens is 2. The van der Waals surface area contributed by atoms with Crippen molar-refractivity contribution >= 4 is 17.5 Å². The normalized spacial score (nSPS) is 11.1. The van der Waals surface area contributed by atoms with Crippen molar-refractivity contribution in [2.75, 3.05) is 11.9 Å². The van der Waals surface area contributed by atoms with Gasteiger partial charge in [-0.15, -0.1) is 0 Å². The van der Waals surface area contributed by atoms with Gasteiger partial charge in [0.2, 0.25) is 5.91 Å². The minimum absolute atomic E-state index is 0.0595. The highest BCUT2D eigenvalue weighted by atomic mass is 19.4. The fourth-order valence-corrected chi connectivity index (χ4v) is 3.00. The van der Waals surface area contributed by atoms with Gasteiger partial charge in [-0.05, 0) is 17.7 Å². The number of hydrogen-bond acceptors (Lipinski definition) is 4. The van der Waals surface area contributed by atoms with Crippen molar-refractivity contribution in [3.05, 3.63) is 98.8 Å². The molecule has 3 aromatic rings. The van der Waals surface area contributed by atoms with Crippen LogP contribution in [0, 0.1) is 0 Å². The third-order valence-corrected chi connectivity index (χ3v) is 4.53. The highest BCUT2D eigenvalue weighted by molar-refractivity contribution is 6.03. The topological polar surface area (TPSA) is 102 Å². The largest absolute Gasteiger partial charge is 0.405 e. The molecule has 0 unspecified atom stereocenters. The van der Waals surface area contributed by atoms with Crippen LogP contribution in [-0.4, -0.2) is 33.7 Å². The molecule has 1 aromatic heterocycles. The lowest BCUT2D eigenvalue weighted by Gasteiger charge is -2.13. The van der Waals surface area contributed by atoms with E-state index in [1.807, 2.05) is 6.07 Å². The molecule has 33 heavy (non-hydrogen) atoms. The van der Waals surface area contributed by atoms with Gasteiger partial charge in [-0.2, -0.15) is 13.2 Å². The van der Waals surface area contributed by atoms with Crippen LogP contribution in [0.1, 0.15) is 15.9 Å². The molecular weight excluding hydrogens is 441 g/mol. The van der Waals surface area contributed by atoms with Crippen LogP contribution in [0.4, 0.5) is 18.9 Å². The Hall–Kier alpha value is -4.15. The molecule has 2 amide bonds. The lowest BCUT2D eigenvalue weighted by Crippen LogP contribution is -2.42. The third-order valence-electron chi connectivity index (χ3n) is 4.53. The summed E-state index contributed by atoms with van der Waals surface area (Å²) < 4.78 is 39.1. The molecule has 0 aliphatic carbocycles. The SMILES string of the molecule is O=C(Cn1c(=O)ccn(Cc2ccccc2)c1=O)Nc1ccccc1C(=O)NCC(F)(F)F. The molecule has 0 aliphatic rings. The Labute approximate surface area is 185 Å². The average Bonchev–Trinajstić information content (AvgIpc) is 2.77. The number of nitrogens with one attached hydrogen (secondary N) is 2. The Morgan fingerprint density at radius 2 is 1.58 bits per heavy atom. The van der Waals surface area contributed by atoms with Crippen molar-refractivity contribution < 1.29 is 22.8 Å². The maximum Gasteiger partial charge on any atom is 0.405 e. The Kier molecular flexibility index (Phi) is 7.11. The summed E-state index contributed by atoms with van der Waals surface area (Å²) in [7, 11) is 0. The third kappa shape index (κ3) is 6.42. The quantitative estimate of drug-likeness (QED) is 0.563. The van der Waals surface area contributed by atoms with E-state index < -0.39 is 42.3 Å². The molecule has 11 heteroatoms. The Morgan fingerprint density at radius 1 is 0.909 bits per heavy atom. The van der Waals surface area contributed by atoms with Crippen LogP contribution in [0.25, 0.3) is 0 Å². The first-order valence-corrected chi connectivity index (χ1v) is 9.72. The molecule has 2 aromatic carbocycles. The standard InChI is InChI=1S/C22H19F3N4O4/c23-22(24,25)14-26-20(32)16-8-4-5-9-17(16)27-18(30)13-29-19(31)10-11-28(21(29)33)12-15-6-2-1-3-7-15/h1-11H,12-14H2,(H,26,32)(H,27,30). The van der Waals surface area contributed by atoms with Crippen molar-refractivity contribution in [1.29, 1.82) is 0 Å². The summed E-state index contributed by atoms with van der Waals surface area (Å²) in [5.74, 6) is -1.84. The zero-order chi connectivity index (χ0) is 24.0. The molecule has 1 heterocycles. The summed E-state index contributed by atoms with van der Waals surface area (Å²) in [6.07, 6.45) is -3.27. The van der Waals surface area contributed by atoms with E-state index in [2.05, 4.69) is 5.32 Å². The Morgan fingerprint density at radius 3 is 2.27 bits per heavy atom. The smallest absolute Gasteiger partial charge is 0.343 e.